The van der Waals surface area contributed by atoms with Crippen molar-refractivity contribution in [3.05, 3.63) is 58.1 Å². The predicted octanol–water partition coefficient (Wildman–Crippen LogP) is 1.09. The Morgan fingerprint density at radius 3 is 2.60 bits per heavy atom. The minimum Gasteiger partial charge on any atom is -0.396 e. The van der Waals surface area contributed by atoms with E-state index in [2.05, 4.69) is 17.1 Å². The average Bonchev–Trinajstić information content (AvgIpc) is 2.80. The number of hydrogen-bond donors (Lipinski definition) is 2. The molecule has 1 heterocycles. The summed E-state index contributed by atoms with van der Waals surface area (Å²) in [6.45, 7) is 0.710. The minimum absolute atomic E-state index is 0.141. The van der Waals surface area contributed by atoms with Gasteiger partial charge in [-0.3, -0.25) is 4.57 Å². The van der Waals surface area contributed by atoms with E-state index in [1.807, 2.05) is 12.1 Å². The van der Waals surface area contributed by atoms with Gasteiger partial charge < -0.3 is 10.8 Å². The highest BCUT2D eigenvalue weighted by Crippen LogP contribution is 2.41. The van der Waals surface area contributed by atoms with Crippen molar-refractivity contribution in [3.8, 4) is 0 Å². The summed E-state index contributed by atoms with van der Waals surface area (Å²) in [4.78, 5) is 15.6. The van der Waals surface area contributed by atoms with Gasteiger partial charge in [0.05, 0.1) is 0 Å². The topological polar surface area (TPSA) is 81.1 Å². The Kier molecular flexibility index (Phi) is 3.28. The van der Waals surface area contributed by atoms with Crippen molar-refractivity contribution in [1.82, 2.24) is 9.55 Å². The number of aliphatic hydroxyl groups is 1. The Balaban J connectivity index is 1.91. The SMILES string of the molecule is Nc1ccn(C[C@@H]2C[C@H](CO)c3ccccc32)c(=O)n1. The van der Waals surface area contributed by atoms with E-state index in [1.54, 1.807) is 16.8 Å². The summed E-state index contributed by atoms with van der Waals surface area (Å²) in [6.07, 6.45) is 2.53. The molecular formula is C15H17N3O2. The molecule has 0 saturated carbocycles. The Hall–Kier alpha value is -2.14. The van der Waals surface area contributed by atoms with Gasteiger partial charge in [0, 0.05) is 31.2 Å². The van der Waals surface area contributed by atoms with Gasteiger partial charge in [0.2, 0.25) is 0 Å². The van der Waals surface area contributed by atoms with Gasteiger partial charge in [-0.05, 0) is 23.6 Å². The van der Waals surface area contributed by atoms with Crippen molar-refractivity contribution in [1.29, 1.82) is 0 Å². The van der Waals surface area contributed by atoms with E-state index >= 15 is 0 Å². The summed E-state index contributed by atoms with van der Waals surface area (Å²) >= 11 is 0. The summed E-state index contributed by atoms with van der Waals surface area (Å²) in [6, 6.07) is 9.74. The fourth-order valence-corrected chi connectivity index (χ4v) is 3.02. The third-order valence-electron chi connectivity index (χ3n) is 3.98. The van der Waals surface area contributed by atoms with Crippen LogP contribution in [0.1, 0.15) is 29.4 Å². The third kappa shape index (κ3) is 2.20. The van der Waals surface area contributed by atoms with Crippen LogP contribution >= 0.6 is 0 Å². The quantitative estimate of drug-likeness (QED) is 0.875. The van der Waals surface area contributed by atoms with E-state index in [0.717, 1.165) is 6.42 Å². The number of nitrogens with two attached hydrogens (primary N) is 1. The molecule has 20 heavy (non-hydrogen) atoms. The van der Waals surface area contributed by atoms with E-state index in [1.165, 1.54) is 11.1 Å². The molecule has 104 valence electrons. The highest BCUT2D eigenvalue weighted by atomic mass is 16.3. The standard InChI is InChI=1S/C15H17N3O2/c16-14-5-6-18(15(20)17-14)8-10-7-11(9-19)13-4-2-1-3-12(10)13/h1-6,10-11,19H,7-9H2,(H2,16,17,20)/t10-,11+/m0/s1. The van der Waals surface area contributed by atoms with E-state index in [4.69, 9.17) is 5.73 Å². The molecule has 3 rings (SSSR count). The van der Waals surface area contributed by atoms with Crippen LogP contribution in [0.3, 0.4) is 0 Å². The van der Waals surface area contributed by atoms with Gasteiger partial charge in [-0.25, -0.2) is 4.79 Å². The zero-order valence-electron chi connectivity index (χ0n) is 11.1. The van der Waals surface area contributed by atoms with Gasteiger partial charge in [-0.15, -0.1) is 0 Å². The molecule has 0 fully saturated rings. The molecule has 0 bridgehead atoms. The number of anilines is 1. The fourth-order valence-electron chi connectivity index (χ4n) is 3.02. The number of hydrogen-bond acceptors (Lipinski definition) is 4. The van der Waals surface area contributed by atoms with Gasteiger partial charge in [0.15, 0.2) is 0 Å². The van der Waals surface area contributed by atoms with Crippen LogP contribution in [-0.2, 0) is 6.54 Å². The molecule has 5 heteroatoms. The van der Waals surface area contributed by atoms with E-state index < -0.39 is 0 Å². The van der Waals surface area contributed by atoms with E-state index in [-0.39, 0.29) is 30.0 Å². The van der Waals surface area contributed by atoms with Crippen LogP contribution in [0.15, 0.2) is 41.3 Å². The van der Waals surface area contributed by atoms with Gasteiger partial charge >= 0.3 is 5.69 Å². The van der Waals surface area contributed by atoms with Crippen molar-refractivity contribution in [2.75, 3.05) is 12.3 Å². The number of aromatic nitrogens is 2. The van der Waals surface area contributed by atoms with Crippen LogP contribution in [0.2, 0.25) is 0 Å². The number of benzene rings is 1. The zero-order chi connectivity index (χ0) is 14.1. The molecule has 1 aliphatic rings. The molecule has 0 aliphatic heterocycles. The number of rotatable bonds is 3. The fraction of sp³-hybridized carbons (Fsp3) is 0.333. The highest BCUT2D eigenvalue weighted by Gasteiger charge is 2.30. The van der Waals surface area contributed by atoms with Crippen molar-refractivity contribution < 1.29 is 5.11 Å². The first-order chi connectivity index (χ1) is 9.69. The lowest BCUT2D eigenvalue weighted by Gasteiger charge is -2.13. The molecular weight excluding hydrogens is 254 g/mol. The summed E-state index contributed by atoms with van der Waals surface area (Å²) in [5.74, 6) is 0.631. The first kappa shape index (κ1) is 12.9. The van der Waals surface area contributed by atoms with Crippen LogP contribution < -0.4 is 11.4 Å². The average molecular weight is 271 g/mol. The maximum atomic E-state index is 11.8. The lowest BCUT2D eigenvalue weighted by Crippen LogP contribution is -2.25. The highest BCUT2D eigenvalue weighted by molar-refractivity contribution is 5.38. The maximum Gasteiger partial charge on any atom is 0.349 e. The summed E-state index contributed by atoms with van der Waals surface area (Å²) in [7, 11) is 0. The molecule has 1 aliphatic carbocycles. The molecule has 5 nitrogen and oxygen atoms in total. The predicted molar refractivity (Wildman–Crippen MR) is 76.5 cm³/mol. The second kappa shape index (κ2) is 5.09. The van der Waals surface area contributed by atoms with Crippen molar-refractivity contribution >= 4 is 5.82 Å². The monoisotopic (exact) mass is 271 g/mol. The zero-order valence-corrected chi connectivity index (χ0v) is 11.1. The summed E-state index contributed by atoms with van der Waals surface area (Å²) in [5.41, 5.74) is 7.58. The third-order valence-corrected chi connectivity index (χ3v) is 3.98. The first-order valence-corrected chi connectivity index (χ1v) is 6.71. The van der Waals surface area contributed by atoms with E-state index in [9.17, 15) is 9.90 Å². The minimum atomic E-state index is -0.324. The molecule has 1 aromatic carbocycles. The van der Waals surface area contributed by atoms with Crippen molar-refractivity contribution in [3.63, 3.8) is 0 Å². The second-order valence-electron chi connectivity index (χ2n) is 5.23. The van der Waals surface area contributed by atoms with Gasteiger partial charge in [0.1, 0.15) is 5.82 Å². The van der Waals surface area contributed by atoms with Gasteiger partial charge in [-0.2, -0.15) is 4.98 Å². The second-order valence-corrected chi connectivity index (χ2v) is 5.23. The smallest absolute Gasteiger partial charge is 0.349 e. The van der Waals surface area contributed by atoms with Crippen LogP contribution in [0.25, 0.3) is 0 Å². The first-order valence-electron chi connectivity index (χ1n) is 6.71. The normalized spacial score (nSPS) is 20.9. The number of nitrogen functional groups attached to an aromatic ring is 1. The molecule has 2 aromatic rings. The molecule has 0 amide bonds. The molecule has 0 saturated heterocycles. The lowest BCUT2D eigenvalue weighted by molar-refractivity contribution is 0.259. The molecule has 1 aromatic heterocycles. The van der Waals surface area contributed by atoms with Crippen molar-refractivity contribution in [2.24, 2.45) is 0 Å². The Bertz CT molecular complexity index is 681. The molecule has 2 atom stereocenters. The number of aliphatic hydroxyl groups excluding tert-OH is 1. The maximum absolute atomic E-state index is 11.8. The van der Waals surface area contributed by atoms with Crippen LogP contribution in [0, 0.1) is 0 Å². The van der Waals surface area contributed by atoms with Gasteiger partial charge in [-0.1, -0.05) is 24.3 Å². The van der Waals surface area contributed by atoms with Crippen molar-refractivity contribution in [2.45, 2.75) is 24.8 Å². The Morgan fingerprint density at radius 2 is 1.95 bits per heavy atom. The molecule has 3 N–H and O–H groups in total. The Morgan fingerprint density at radius 1 is 1.25 bits per heavy atom. The van der Waals surface area contributed by atoms with Crippen LogP contribution in [0.5, 0.6) is 0 Å². The van der Waals surface area contributed by atoms with E-state index in [0.29, 0.717) is 6.54 Å². The Labute approximate surface area is 116 Å². The van der Waals surface area contributed by atoms with Crippen LogP contribution in [-0.4, -0.2) is 21.3 Å². The molecule has 0 spiro atoms. The summed E-state index contributed by atoms with van der Waals surface area (Å²) < 4.78 is 1.58. The number of fused-ring (bicyclic) bond motifs is 1. The molecule has 0 unspecified atom stereocenters. The molecule has 0 radical (unpaired) electrons. The summed E-state index contributed by atoms with van der Waals surface area (Å²) in [5, 5.41) is 9.49. The van der Waals surface area contributed by atoms with Gasteiger partial charge in [0.25, 0.3) is 0 Å². The number of nitrogens with zero attached hydrogens (tertiary/aromatic N) is 2. The largest absolute Gasteiger partial charge is 0.396 e. The lowest BCUT2D eigenvalue weighted by atomic mass is 10.0. The van der Waals surface area contributed by atoms with Crippen LogP contribution in [0.4, 0.5) is 5.82 Å².